The number of ether oxygens (including phenoxy) is 1. The van der Waals surface area contributed by atoms with Crippen LogP contribution in [0.5, 0.6) is 0 Å². The highest BCUT2D eigenvalue weighted by atomic mass is 32.2. The fourth-order valence-electron chi connectivity index (χ4n) is 3.45. The molecule has 1 aliphatic heterocycles. The lowest BCUT2D eigenvalue weighted by molar-refractivity contribution is 0.0368. The average Bonchev–Trinajstić information content (AvgIpc) is 3.23. The minimum absolute atomic E-state index is 0.0487. The second-order valence-corrected chi connectivity index (χ2v) is 8.94. The third kappa shape index (κ3) is 5.06. The predicted octanol–water partition coefficient (Wildman–Crippen LogP) is 3.43. The molecule has 4 rings (SSSR count). The van der Waals surface area contributed by atoms with Crippen LogP contribution in [-0.2, 0) is 23.5 Å². The van der Waals surface area contributed by atoms with Gasteiger partial charge in [-0.2, -0.15) is 0 Å². The standard InChI is InChI=1S/C21H26N4O2S2/c1-2-19-22-16(14-28-19)15-29-21-23-18-7-4-3-6-17(18)20(26)25(21)9-5-8-24-10-12-27-13-11-24/h3-4,6-7,14H,2,5,8-13,15H2,1H3. The van der Waals surface area contributed by atoms with Crippen molar-refractivity contribution in [1.29, 1.82) is 0 Å². The highest BCUT2D eigenvalue weighted by Crippen LogP contribution is 2.23. The highest BCUT2D eigenvalue weighted by Gasteiger charge is 2.14. The Balaban J connectivity index is 1.53. The van der Waals surface area contributed by atoms with E-state index in [0.29, 0.717) is 11.9 Å². The van der Waals surface area contributed by atoms with Crippen LogP contribution >= 0.6 is 23.1 Å². The van der Waals surface area contributed by atoms with Crippen molar-refractivity contribution in [3.63, 3.8) is 0 Å². The Morgan fingerprint density at radius 1 is 1.17 bits per heavy atom. The minimum Gasteiger partial charge on any atom is -0.379 e. The number of rotatable bonds is 8. The quantitative estimate of drug-likeness (QED) is 0.403. The van der Waals surface area contributed by atoms with E-state index in [1.165, 1.54) is 0 Å². The van der Waals surface area contributed by atoms with Gasteiger partial charge < -0.3 is 4.74 Å². The molecule has 29 heavy (non-hydrogen) atoms. The van der Waals surface area contributed by atoms with Crippen LogP contribution in [0.3, 0.4) is 0 Å². The second-order valence-electron chi connectivity index (χ2n) is 7.05. The summed E-state index contributed by atoms with van der Waals surface area (Å²) in [5.41, 5.74) is 1.86. The lowest BCUT2D eigenvalue weighted by Crippen LogP contribution is -2.37. The maximum Gasteiger partial charge on any atom is 0.262 e. The molecule has 154 valence electrons. The number of hydrogen-bond donors (Lipinski definition) is 0. The molecule has 0 spiro atoms. The van der Waals surface area contributed by atoms with E-state index in [2.05, 4.69) is 22.2 Å². The number of para-hydroxylation sites is 1. The molecule has 0 unspecified atom stereocenters. The van der Waals surface area contributed by atoms with E-state index in [1.54, 1.807) is 23.1 Å². The number of thiazole rings is 1. The molecular weight excluding hydrogens is 404 g/mol. The normalized spacial score (nSPS) is 15.2. The van der Waals surface area contributed by atoms with Crippen molar-refractivity contribution in [2.24, 2.45) is 0 Å². The third-order valence-electron chi connectivity index (χ3n) is 5.04. The molecule has 3 aromatic rings. The maximum absolute atomic E-state index is 13.2. The number of aryl methyl sites for hydroxylation is 1. The summed E-state index contributed by atoms with van der Waals surface area (Å²) in [5.74, 6) is 0.727. The van der Waals surface area contributed by atoms with Crippen LogP contribution in [0.25, 0.3) is 10.9 Å². The summed E-state index contributed by atoms with van der Waals surface area (Å²) in [6.45, 7) is 7.29. The van der Waals surface area contributed by atoms with Crippen LogP contribution in [0, 0.1) is 0 Å². The summed E-state index contributed by atoms with van der Waals surface area (Å²) in [7, 11) is 0. The van der Waals surface area contributed by atoms with Crippen molar-refractivity contribution in [3.8, 4) is 0 Å². The first-order chi connectivity index (χ1) is 14.2. The minimum atomic E-state index is 0.0487. The monoisotopic (exact) mass is 430 g/mol. The number of aromatic nitrogens is 3. The lowest BCUT2D eigenvalue weighted by Gasteiger charge is -2.26. The summed E-state index contributed by atoms with van der Waals surface area (Å²) < 4.78 is 7.27. The van der Waals surface area contributed by atoms with Crippen molar-refractivity contribution >= 4 is 34.0 Å². The molecule has 3 heterocycles. The summed E-state index contributed by atoms with van der Waals surface area (Å²) in [5, 5.41) is 4.72. The van der Waals surface area contributed by atoms with E-state index in [9.17, 15) is 4.79 Å². The summed E-state index contributed by atoms with van der Waals surface area (Å²) in [6.07, 6.45) is 1.87. The van der Waals surface area contributed by atoms with Crippen molar-refractivity contribution in [2.75, 3.05) is 32.8 Å². The number of hydrogen-bond acceptors (Lipinski definition) is 7. The largest absolute Gasteiger partial charge is 0.379 e. The molecule has 1 aromatic carbocycles. The molecule has 0 atom stereocenters. The first-order valence-corrected chi connectivity index (χ1v) is 12.0. The van der Waals surface area contributed by atoms with Crippen molar-refractivity contribution < 1.29 is 4.74 Å². The van der Waals surface area contributed by atoms with E-state index in [4.69, 9.17) is 9.72 Å². The Labute approximate surface area is 178 Å². The van der Waals surface area contributed by atoms with Crippen molar-refractivity contribution in [3.05, 3.63) is 50.7 Å². The Hall–Kier alpha value is -1.74. The second kappa shape index (κ2) is 9.84. The van der Waals surface area contributed by atoms with Gasteiger partial charge in [-0.15, -0.1) is 11.3 Å². The fraction of sp³-hybridized carbons (Fsp3) is 0.476. The van der Waals surface area contributed by atoms with Gasteiger partial charge in [0.05, 0.1) is 34.8 Å². The van der Waals surface area contributed by atoms with E-state index >= 15 is 0 Å². The van der Waals surface area contributed by atoms with Crippen LogP contribution in [0.4, 0.5) is 0 Å². The lowest BCUT2D eigenvalue weighted by atomic mass is 10.2. The van der Waals surface area contributed by atoms with Crippen LogP contribution in [0.1, 0.15) is 24.0 Å². The Kier molecular flexibility index (Phi) is 6.97. The van der Waals surface area contributed by atoms with E-state index < -0.39 is 0 Å². The van der Waals surface area contributed by atoms with Gasteiger partial charge in [0.25, 0.3) is 5.56 Å². The van der Waals surface area contributed by atoms with Crippen LogP contribution in [0.15, 0.2) is 39.6 Å². The van der Waals surface area contributed by atoms with E-state index in [-0.39, 0.29) is 5.56 Å². The van der Waals surface area contributed by atoms with Gasteiger partial charge in [-0.3, -0.25) is 14.3 Å². The molecule has 1 aliphatic rings. The molecule has 1 saturated heterocycles. The van der Waals surface area contributed by atoms with E-state index in [1.807, 2.05) is 28.8 Å². The number of nitrogens with zero attached hydrogens (tertiary/aromatic N) is 4. The number of benzene rings is 1. The summed E-state index contributed by atoms with van der Waals surface area (Å²) in [4.78, 5) is 25.0. The molecule has 2 aromatic heterocycles. The molecule has 6 nitrogen and oxygen atoms in total. The Morgan fingerprint density at radius 2 is 2.00 bits per heavy atom. The first kappa shape index (κ1) is 20.5. The fourth-order valence-corrected chi connectivity index (χ4v) is 5.22. The molecule has 0 saturated carbocycles. The Morgan fingerprint density at radius 3 is 2.79 bits per heavy atom. The van der Waals surface area contributed by atoms with Crippen molar-refractivity contribution in [1.82, 2.24) is 19.4 Å². The van der Waals surface area contributed by atoms with Gasteiger partial charge in [0.1, 0.15) is 0 Å². The molecule has 0 amide bonds. The average molecular weight is 431 g/mol. The molecule has 1 fully saturated rings. The first-order valence-electron chi connectivity index (χ1n) is 10.1. The van der Waals surface area contributed by atoms with Gasteiger partial charge in [-0.25, -0.2) is 9.97 Å². The van der Waals surface area contributed by atoms with Gasteiger partial charge in [0, 0.05) is 37.3 Å². The molecular formula is C21H26N4O2S2. The van der Waals surface area contributed by atoms with Gasteiger partial charge in [0.2, 0.25) is 0 Å². The molecule has 0 radical (unpaired) electrons. The van der Waals surface area contributed by atoms with Gasteiger partial charge in [-0.05, 0) is 25.0 Å². The zero-order valence-electron chi connectivity index (χ0n) is 16.7. The highest BCUT2D eigenvalue weighted by molar-refractivity contribution is 7.98. The zero-order chi connectivity index (χ0) is 20.1. The van der Waals surface area contributed by atoms with Gasteiger partial charge in [-0.1, -0.05) is 30.8 Å². The summed E-state index contributed by atoms with van der Waals surface area (Å²) >= 11 is 3.30. The van der Waals surface area contributed by atoms with Crippen LogP contribution in [-0.4, -0.2) is 52.3 Å². The summed E-state index contributed by atoms with van der Waals surface area (Å²) in [6, 6.07) is 7.61. The predicted molar refractivity (Wildman–Crippen MR) is 119 cm³/mol. The maximum atomic E-state index is 13.2. The zero-order valence-corrected chi connectivity index (χ0v) is 18.3. The SMILES string of the molecule is CCc1nc(CSc2nc3ccccc3c(=O)n2CCCN2CCOCC2)cs1. The third-order valence-corrected chi connectivity index (χ3v) is 7.09. The number of morpholine rings is 1. The molecule has 0 aliphatic carbocycles. The number of fused-ring (bicyclic) bond motifs is 1. The smallest absolute Gasteiger partial charge is 0.262 e. The van der Waals surface area contributed by atoms with Crippen LogP contribution in [0.2, 0.25) is 0 Å². The topological polar surface area (TPSA) is 60.2 Å². The molecule has 8 heteroatoms. The molecule has 0 N–H and O–H groups in total. The number of thioether (sulfide) groups is 1. The van der Waals surface area contributed by atoms with Gasteiger partial charge in [0.15, 0.2) is 5.16 Å². The van der Waals surface area contributed by atoms with E-state index in [0.717, 1.165) is 72.8 Å². The Bertz CT molecular complexity index is 1010. The van der Waals surface area contributed by atoms with Crippen molar-refractivity contribution in [2.45, 2.75) is 37.2 Å². The van der Waals surface area contributed by atoms with Crippen LogP contribution < -0.4 is 5.56 Å². The molecule has 0 bridgehead atoms. The van der Waals surface area contributed by atoms with Gasteiger partial charge >= 0.3 is 0 Å².